The Morgan fingerprint density at radius 3 is 1.31 bits per heavy atom. The van der Waals surface area contributed by atoms with Crippen molar-refractivity contribution in [3.8, 4) is 44.5 Å². The molecule has 0 radical (unpaired) electrons. The molecule has 0 bridgehead atoms. The zero-order valence-corrected chi connectivity index (χ0v) is 22.7. The molecule has 198 valence electrons. The second kappa shape index (κ2) is 9.87. The summed E-state index contributed by atoms with van der Waals surface area (Å²) in [7, 11) is 0. The number of hydrogen-bond acceptors (Lipinski definition) is 1. The highest BCUT2D eigenvalue weighted by Gasteiger charge is 2.09. The Kier molecular flexibility index (Phi) is 5.72. The van der Waals surface area contributed by atoms with Crippen molar-refractivity contribution >= 4 is 32.7 Å². The van der Waals surface area contributed by atoms with Gasteiger partial charge in [-0.3, -0.25) is 0 Å². The van der Waals surface area contributed by atoms with Crippen molar-refractivity contribution in [2.75, 3.05) is 0 Å². The number of benzene rings is 7. The highest BCUT2D eigenvalue weighted by Crippen LogP contribution is 2.34. The van der Waals surface area contributed by atoms with E-state index in [4.69, 9.17) is 4.42 Å². The SMILES string of the molecule is Fc1ccc(-c2ccc(-c3ccc4cc(-c5ccc(-c6ccc7oc8ccccc8c7c6)cc5)ccc4c3)cc2)cc1. The van der Waals surface area contributed by atoms with Crippen LogP contribution in [0.15, 0.2) is 156 Å². The lowest BCUT2D eigenvalue weighted by molar-refractivity contribution is 0.628. The van der Waals surface area contributed by atoms with Gasteiger partial charge >= 0.3 is 0 Å². The molecule has 0 aliphatic carbocycles. The summed E-state index contributed by atoms with van der Waals surface area (Å²) in [5.74, 6) is -0.218. The van der Waals surface area contributed by atoms with Gasteiger partial charge in [0, 0.05) is 10.8 Å². The third-order valence-electron chi connectivity index (χ3n) is 8.16. The van der Waals surface area contributed by atoms with Gasteiger partial charge in [-0.05, 0) is 97.7 Å². The molecule has 0 fully saturated rings. The van der Waals surface area contributed by atoms with E-state index in [9.17, 15) is 4.39 Å². The predicted molar refractivity (Wildman–Crippen MR) is 173 cm³/mol. The third kappa shape index (κ3) is 4.34. The lowest BCUT2D eigenvalue weighted by Gasteiger charge is -2.09. The molecule has 0 unspecified atom stereocenters. The first-order valence-corrected chi connectivity index (χ1v) is 14.1. The van der Waals surface area contributed by atoms with Crippen molar-refractivity contribution in [2.45, 2.75) is 0 Å². The Labute approximate surface area is 243 Å². The van der Waals surface area contributed by atoms with Gasteiger partial charge in [-0.15, -0.1) is 0 Å². The molecule has 42 heavy (non-hydrogen) atoms. The Morgan fingerprint density at radius 1 is 0.333 bits per heavy atom. The van der Waals surface area contributed by atoms with E-state index >= 15 is 0 Å². The molecule has 0 saturated heterocycles. The van der Waals surface area contributed by atoms with Crippen LogP contribution in [0.2, 0.25) is 0 Å². The molecule has 8 aromatic rings. The fourth-order valence-electron chi connectivity index (χ4n) is 5.86. The average molecular weight is 541 g/mol. The summed E-state index contributed by atoms with van der Waals surface area (Å²) in [6, 6.07) is 51.7. The van der Waals surface area contributed by atoms with Gasteiger partial charge < -0.3 is 4.42 Å². The second-order valence-corrected chi connectivity index (χ2v) is 10.7. The fraction of sp³-hybridized carbons (Fsp3) is 0. The minimum Gasteiger partial charge on any atom is -0.456 e. The summed E-state index contributed by atoms with van der Waals surface area (Å²) in [5.41, 5.74) is 11.0. The molecule has 2 heteroatoms. The van der Waals surface area contributed by atoms with Gasteiger partial charge in [-0.2, -0.15) is 0 Å². The largest absolute Gasteiger partial charge is 0.456 e. The van der Waals surface area contributed by atoms with E-state index in [-0.39, 0.29) is 5.82 Å². The van der Waals surface area contributed by atoms with Crippen molar-refractivity contribution in [3.05, 3.63) is 157 Å². The van der Waals surface area contributed by atoms with E-state index in [1.54, 1.807) is 0 Å². The lowest BCUT2D eigenvalue weighted by Crippen LogP contribution is -1.84. The quantitative estimate of drug-likeness (QED) is 0.216. The van der Waals surface area contributed by atoms with Crippen LogP contribution in [0.5, 0.6) is 0 Å². The van der Waals surface area contributed by atoms with Gasteiger partial charge in [0.15, 0.2) is 0 Å². The number of hydrogen-bond donors (Lipinski definition) is 0. The molecular weight excluding hydrogens is 515 g/mol. The van der Waals surface area contributed by atoms with E-state index < -0.39 is 0 Å². The van der Waals surface area contributed by atoms with Gasteiger partial charge in [0.2, 0.25) is 0 Å². The van der Waals surface area contributed by atoms with Gasteiger partial charge in [-0.1, -0.05) is 109 Å². The van der Waals surface area contributed by atoms with E-state index in [0.29, 0.717) is 0 Å². The topological polar surface area (TPSA) is 13.1 Å². The number of halogens is 1. The van der Waals surface area contributed by atoms with Gasteiger partial charge in [0.05, 0.1) is 0 Å². The van der Waals surface area contributed by atoms with Crippen LogP contribution in [0.25, 0.3) is 77.2 Å². The average Bonchev–Trinajstić information content (AvgIpc) is 3.43. The molecule has 0 atom stereocenters. The van der Waals surface area contributed by atoms with Gasteiger partial charge in [-0.25, -0.2) is 4.39 Å². The van der Waals surface area contributed by atoms with Crippen LogP contribution < -0.4 is 0 Å². The highest BCUT2D eigenvalue weighted by molar-refractivity contribution is 6.06. The third-order valence-corrected chi connectivity index (χ3v) is 8.16. The molecule has 0 amide bonds. The van der Waals surface area contributed by atoms with Crippen LogP contribution in [-0.4, -0.2) is 0 Å². The first kappa shape index (κ1) is 24.3. The summed E-state index contributed by atoms with van der Waals surface area (Å²) in [6.45, 7) is 0. The molecule has 1 aromatic heterocycles. The van der Waals surface area contributed by atoms with Gasteiger partial charge in [0.25, 0.3) is 0 Å². The summed E-state index contributed by atoms with van der Waals surface area (Å²) < 4.78 is 19.3. The van der Waals surface area contributed by atoms with Crippen molar-refractivity contribution in [1.82, 2.24) is 0 Å². The fourth-order valence-corrected chi connectivity index (χ4v) is 5.86. The normalized spacial score (nSPS) is 11.5. The molecule has 0 spiro atoms. The van der Waals surface area contributed by atoms with Crippen LogP contribution in [0.3, 0.4) is 0 Å². The number of para-hydroxylation sites is 1. The first-order valence-electron chi connectivity index (χ1n) is 14.1. The van der Waals surface area contributed by atoms with Crippen molar-refractivity contribution < 1.29 is 8.81 Å². The van der Waals surface area contributed by atoms with Gasteiger partial charge in [0.1, 0.15) is 17.0 Å². The minimum absolute atomic E-state index is 0.218. The molecule has 1 nitrogen and oxygen atoms in total. The van der Waals surface area contributed by atoms with E-state index in [0.717, 1.165) is 38.6 Å². The summed E-state index contributed by atoms with van der Waals surface area (Å²) in [4.78, 5) is 0. The van der Waals surface area contributed by atoms with Crippen LogP contribution in [0.4, 0.5) is 4.39 Å². The summed E-state index contributed by atoms with van der Waals surface area (Å²) in [5, 5.41) is 4.70. The van der Waals surface area contributed by atoms with Crippen molar-refractivity contribution in [1.29, 1.82) is 0 Å². The lowest BCUT2D eigenvalue weighted by atomic mass is 9.95. The molecule has 0 N–H and O–H groups in total. The number of furan rings is 1. The monoisotopic (exact) mass is 540 g/mol. The molecule has 1 heterocycles. The molecule has 7 aromatic carbocycles. The molecular formula is C40H25FO. The standard InChI is InChI=1S/C40H25FO/c41-36-20-17-27(18-21-36)26-5-7-28(8-6-26)31-13-15-34-24-32(14-16-33(34)23-31)29-9-11-30(12-10-29)35-19-22-40-38(25-35)37-3-1-2-4-39(37)42-40/h1-25H. The van der Waals surface area contributed by atoms with E-state index in [1.165, 1.54) is 50.7 Å². The Hall–Kier alpha value is -5.47. The maximum Gasteiger partial charge on any atom is 0.135 e. The Morgan fingerprint density at radius 2 is 0.738 bits per heavy atom. The Bertz CT molecular complexity index is 2220. The number of fused-ring (bicyclic) bond motifs is 4. The van der Waals surface area contributed by atoms with Crippen LogP contribution in [-0.2, 0) is 0 Å². The first-order chi connectivity index (χ1) is 20.7. The second-order valence-electron chi connectivity index (χ2n) is 10.7. The predicted octanol–water partition coefficient (Wildman–Crippen LogP) is 11.5. The molecule has 0 aliphatic rings. The summed E-state index contributed by atoms with van der Waals surface area (Å²) >= 11 is 0. The van der Waals surface area contributed by atoms with Crippen LogP contribution >= 0.6 is 0 Å². The van der Waals surface area contributed by atoms with E-state index in [1.807, 2.05) is 24.3 Å². The Balaban J connectivity index is 1.05. The van der Waals surface area contributed by atoms with Crippen LogP contribution in [0.1, 0.15) is 0 Å². The van der Waals surface area contributed by atoms with E-state index in [2.05, 4.69) is 115 Å². The maximum atomic E-state index is 13.3. The maximum absolute atomic E-state index is 13.3. The number of rotatable bonds is 4. The zero-order valence-electron chi connectivity index (χ0n) is 22.7. The molecule has 0 saturated carbocycles. The van der Waals surface area contributed by atoms with Crippen molar-refractivity contribution in [3.63, 3.8) is 0 Å². The molecule has 8 rings (SSSR count). The minimum atomic E-state index is -0.218. The zero-order chi connectivity index (χ0) is 28.0. The summed E-state index contributed by atoms with van der Waals surface area (Å²) in [6.07, 6.45) is 0. The van der Waals surface area contributed by atoms with Crippen molar-refractivity contribution in [2.24, 2.45) is 0 Å². The highest BCUT2D eigenvalue weighted by atomic mass is 19.1. The molecule has 0 aliphatic heterocycles. The van der Waals surface area contributed by atoms with Crippen LogP contribution in [0, 0.1) is 5.82 Å². The smallest absolute Gasteiger partial charge is 0.135 e.